The molecule has 0 aliphatic carbocycles. The van der Waals surface area contributed by atoms with Crippen LogP contribution >= 0.6 is 0 Å². The molecule has 0 bridgehead atoms. The standard InChI is InChI=1S/C12H15F3N2O3S/c1-11(5-6-16-8-11)17-21(18,19)10-4-2-3-9(7-10)20-12(13,14)15/h2-4,7,16-17H,5-6,8H2,1H3. The predicted octanol–water partition coefficient (Wildman–Crippen LogP) is 1.62. The van der Waals surface area contributed by atoms with Crippen LogP contribution in [0, 0.1) is 0 Å². The van der Waals surface area contributed by atoms with Crippen molar-refractivity contribution < 1.29 is 26.3 Å². The Bertz CT molecular complexity index is 610. The third-order valence-electron chi connectivity index (χ3n) is 3.10. The van der Waals surface area contributed by atoms with E-state index >= 15 is 0 Å². The van der Waals surface area contributed by atoms with Gasteiger partial charge in [0.25, 0.3) is 0 Å². The molecule has 0 spiro atoms. The van der Waals surface area contributed by atoms with Crippen LogP contribution in [0.25, 0.3) is 0 Å². The fourth-order valence-corrected chi connectivity index (χ4v) is 3.60. The van der Waals surface area contributed by atoms with Crippen LogP contribution in [-0.2, 0) is 10.0 Å². The van der Waals surface area contributed by atoms with E-state index in [1.165, 1.54) is 12.1 Å². The Morgan fingerprint density at radius 1 is 1.38 bits per heavy atom. The van der Waals surface area contributed by atoms with Crippen molar-refractivity contribution in [2.75, 3.05) is 13.1 Å². The molecule has 2 N–H and O–H groups in total. The summed E-state index contributed by atoms with van der Waals surface area (Å²) in [6.07, 6.45) is -4.26. The van der Waals surface area contributed by atoms with E-state index in [4.69, 9.17) is 0 Å². The van der Waals surface area contributed by atoms with Crippen LogP contribution in [0.1, 0.15) is 13.3 Å². The molecular formula is C12H15F3N2O3S. The number of rotatable bonds is 4. The van der Waals surface area contributed by atoms with Gasteiger partial charge in [0, 0.05) is 18.2 Å². The molecule has 1 aromatic carbocycles. The minimum absolute atomic E-state index is 0.266. The number of hydrogen-bond acceptors (Lipinski definition) is 4. The molecule has 1 aromatic rings. The van der Waals surface area contributed by atoms with E-state index < -0.39 is 27.7 Å². The van der Waals surface area contributed by atoms with Crippen molar-refractivity contribution in [1.29, 1.82) is 0 Å². The first kappa shape index (κ1) is 16.1. The normalized spacial score (nSPS) is 23.2. The number of halogens is 3. The van der Waals surface area contributed by atoms with Crippen LogP contribution < -0.4 is 14.8 Å². The molecule has 1 heterocycles. The highest BCUT2D eigenvalue weighted by Gasteiger charge is 2.34. The summed E-state index contributed by atoms with van der Waals surface area (Å²) >= 11 is 0. The minimum Gasteiger partial charge on any atom is -0.406 e. The predicted molar refractivity (Wildman–Crippen MR) is 69.3 cm³/mol. The fourth-order valence-electron chi connectivity index (χ4n) is 2.13. The SMILES string of the molecule is CC1(NS(=O)(=O)c2cccc(OC(F)(F)F)c2)CCNC1. The van der Waals surface area contributed by atoms with Crippen LogP contribution in [0.3, 0.4) is 0 Å². The van der Waals surface area contributed by atoms with Gasteiger partial charge >= 0.3 is 6.36 Å². The molecule has 1 saturated heterocycles. The zero-order valence-electron chi connectivity index (χ0n) is 11.2. The van der Waals surface area contributed by atoms with Gasteiger partial charge in [-0.05, 0) is 32.0 Å². The fraction of sp³-hybridized carbons (Fsp3) is 0.500. The van der Waals surface area contributed by atoms with Crippen molar-refractivity contribution in [3.63, 3.8) is 0 Å². The van der Waals surface area contributed by atoms with Gasteiger partial charge in [-0.15, -0.1) is 13.2 Å². The maximum Gasteiger partial charge on any atom is 0.573 e. The second-order valence-corrected chi connectivity index (χ2v) is 6.80. The first-order valence-corrected chi connectivity index (χ1v) is 7.69. The maximum atomic E-state index is 12.2. The van der Waals surface area contributed by atoms with E-state index in [0.29, 0.717) is 19.5 Å². The second-order valence-electron chi connectivity index (χ2n) is 5.12. The van der Waals surface area contributed by atoms with Gasteiger partial charge in [-0.3, -0.25) is 0 Å². The Morgan fingerprint density at radius 3 is 2.67 bits per heavy atom. The van der Waals surface area contributed by atoms with Crippen LogP contribution in [0.4, 0.5) is 13.2 Å². The second kappa shape index (κ2) is 5.47. The lowest BCUT2D eigenvalue weighted by molar-refractivity contribution is -0.274. The topological polar surface area (TPSA) is 67.4 Å². The highest BCUT2D eigenvalue weighted by molar-refractivity contribution is 7.89. The van der Waals surface area contributed by atoms with Gasteiger partial charge in [-0.2, -0.15) is 0 Å². The Labute approximate surface area is 120 Å². The van der Waals surface area contributed by atoms with E-state index in [0.717, 1.165) is 12.1 Å². The lowest BCUT2D eigenvalue weighted by Crippen LogP contribution is -2.47. The molecule has 9 heteroatoms. The Kier molecular flexibility index (Phi) is 4.18. The van der Waals surface area contributed by atoms with E-state index in [9.17, 15) is 21.6 Å². The van der Waals surface area contributed by atoms with Gasteiger partial charge in [0.2, 0.25) is 10.0 Å². The first-order valence-electron chi connectivity index (χ1n) is 6.20. The minimum atomic E-state index is -4.86. The van der Waals surface area contributed by atoms with Gasteiger partial charge in [0.1, 0.15) is 5.75 Å². The van der Waals surface area contributed by atoms with Crippen molar-refractivity contribution in [1.82, 2.24) is 10.0 Å². The maximum absolute atomic E-state index is 12.2. The number of benzene rings is 1. The molecular weight excluding hydrogens is 309 g/mol. The zero-order valence-corrected chi connectivity index (χ0v) is 12.0. The van der Waals surface area contributed by atoms with E-state index in [1.807, 2.05) is 0 Å². The Balaban J connectivity index is 2.22. The first-order chi connectivity index (χ1) is 9.60. The van der Waals surface area contributed by atoms with Crippen molar-refractivity contribution >= 4 is 10.0 Å². The third kappa shape index (κ3) is 4.32. The van der Waals surface area contributed by atoms with Crippen molar-refractivity contribution in [3.8, 4) is 5.75 Å². The quantitative estimate of drug-likeness (QED) is 0.883. The lowest BCUT2D eigenvalue weighted by Gasteiger charge is -2.24. The van der Waals surface area contributed by atoms with Gasteiger partial charge in [0.15, 0.2) is 0 Å². The average molecular weight is 324 g/mol. The molecule has 5 nitrogen and oxygen atoms in total. The summed E-state index contributed by atoms with van der Waals surface area (Å²) in [5.74, 6) is -0.569. The zero-order chi connectivity index (χ0) is 15.7. The monoisotopic (exact) mass is 324 g/mol. The molecule has 118 valence electrons. The van der Waals surface area contributed by atoms with E-state index in [2.05, 4.69) is 14.8 Å². The van der Waals surface area contributed by atoms with Crippen LogP contribution in [0.15, 0.2) is 29.2 Å². The Morgan fingerprint density at radius 2 is 2.10 bits per heavy atom. The average Bonchev–Trinajstić information content (AvgIpc) is 2.73. The molecule has 0 saturated carbocycles. The van der Waals surface area contributed by atoms with Gasteiger partial charge < -0.3 is 10.1 Å². The van der Waals surface area contributed by atoms with Crippen molar-refractivity contribution in [3.05, 3.63) is 24.3 Å². The van der Waals surface area contributed by atoms with Crippen LogP contribution in [-0.4, -0.2) is 33.4 Å². The molecule has 1 atom stereocenters. The summed E-state index contributed by atoms with van der Waals surface area (Å²) in [5.41, 5.74) is -0.653. The van der Waals surface area contributed by atoms with Gasteiger partial charge in [-0.25, -0.2) is 13.1 Å². The third-order valence-corrected chi connectivity index (χ3v) is 4.73. The Hall–Kier alpha value is -1.32. The van der Waals surface area contributed by atoms with E-state index in [-0.39, 0.29) is 4.90 Å². The number of alkyl halides is 3. The van der Waals surface area contributed by atoms with Crippen molar-refractivity contribution in [2.45, 2.75) is 30.1 Å². The summed E-state index contributed by atoms with van der Waals surface area (Å²) in [4.78, 5) is -0.266. The van der Waals surface area contributed by atoms with Gasteiger partial charge in [0.05, 0.1) is 4.90 Å². The number of hydrogen-bond donors (Lipinski definition) is 2. The number of nitrogens with one attached hydrogen (secondary N) is 2. The molecule has 21 heavy (non-hydrogen) atoms. The molecule has 1 fully saturated rings. The molecule has 0 radical (unpaired) electrons. The summed E-state index contributed by atoms with van der Waals surface area (Å²) in [5, 5.41) is 3.03. The van der Waals surface area contributed by atoms with Crippen LogP contribution in [0.2, 0.25) is 0 Å². The lowest BCUT2D eigenvalue weighted by atomic mass is 10.0. The highest BCUT2D eigenvalue weighted by Crippen LogP contribution is 2.26. The highest BCUT2D eigenvalue weighted by atomic mass is 32.2. The number of sulfonamides is 1. The molecule has 2 rings (SSSR count). The van der Waals surface area contributed by atoms with Crippen molar-refractivity contribution in [2.24, 2.45) is 0 Å². The molecule has 1 aliphatic heterocycles. The molecule has 1 unspecified atom stereocenters. The van der Waals surface area contributed by atoms with Crippen LogP contribution in [0.5, 0.6) is 5.75 Å². The molecule has 0 amide bonds. The summed E-state index contributed by atoms with van der Waals surface area (Å²) in [6.45, 7) is 2.88. The van der Waals surface area contributed by atoms with E-state index in [1.54, 1.807) is 6.92 Å². The number of ether oxygens (including phenoxy) is 1. The molecule has 0 aromatic heterocycles. The molecule has 1 aliphatic rings. The summed E-state index contributed by atoms with van der Waals surface area (Å²) < 4.78 is 67.2. The summed E-state index contributed by atoms with van der Waals surface area (Å²) in [7, 11) is -3.92. The van der Waals surface area contributed by atoms with Gasteiger partial charge in [-0.1, -0.05) is 6.07 Å². The summed E-state index contributed by atoms with van der Waals surface area (Å²) in [6, 6.07) is 4.31. The largest absolute Gasteiger partial charge is 0.573 e. The smallest absolute Gasteiger partial charge is 0.406 e.